The van der Waals surface area contributed by atoms with Gasteiger partial charge in [-0.25, -0.2) is 0 Å². The van der Waals surface area contributed by atoms with Crippen molar-refractivity contribution in [3.05, 3.63) is 24.0 Å². The van der Waals surface area contributed by atoms with Gasteiger partial charge in [0.25, 0.3) is 0 Å². The maximum Gasteiger partial charge on any atom is 0.191 e. The van der Waals surface area contributed by atoms with Gasteiger partial charge in [0.05, 0.1) is 18.4 Å². The first-order chi connectivity index (χ1) is 12.1. The van der Waals surface area contributed by atoms with Gasteiger partial charge in [-0.1, -0.05) is 0 Å². The molecule has 10 heteroatoms. The average molecular weight is 473 g/mol. The highest BCUT2D eigenvalue weighted by Crippen LogP contribution is 2.18. The van der Waals surface area contributed by atoms with Gasteiger partial charge in [-0.2, -0.15) is 5.10 Å². The Morgan fingerprint density at radius 1 is 1.35 bits per heavy atom. The summed E-state index contributed by atoms with van der Waals surface area (Å²) in [6, 6.07) is 0.349. The van der Waals surface area contributed by atoms with E-state index >= 15 is 0 Å². The van der Waals surface area contributed by atoms with Gasteiger partial charge in [0, 0.05) is 46.5 Å². The van der Waals surface area contributed by atoms with Gasteiger partial charge in [-0.15, -0.1) is 34.2 Å². The standard InChI is InChI=1S/C16H27N9.HI/c1-12-21-22-15(24(12)4)9-18-16(17-2)20-13-6-5-7-25(10-13)14-8-19-23(3)11-14;/h8,11,13H,5-7,9-10H2,1-4H3,(H2,17,18,20);1H. The summed E-state index contributed by atoms with van der Waals surface area (Å²) < 4.78 is 3.82. The SMILES string of the molecule is CN=C(NCc1nnc(C)n1C)NC1CCCN(c2cnn(C)c2)C1.I. The minimum atomic E-state index is 0. The molecule has 3 heterocycles. The number of aryl methyl sites for hydroxylation is 2. The van der Waals surface area contributed by atoms with Crippen LogP contribution in [0.1, 0.15) is 24.5 Å². The Labute approximate surface area is 171 Å². The van der Waals surface area contributed by atoms with Gasteiger partial charge in [0.1, 0.15) is 5.82 Å². The third-order valence-electron chi connectivity index (χ3n) is 4.64. The maximum absolute atomic E-state index is 4.34. The van der Waals surface area contributed by atoms with Crippen LogP contribution in [-0.2, 0) is 20.6 Å². The molecule has 1 fully saturated rings. The molecule has 1 aliphatic heterocycles. The van der Waals surface area contributed by atoms with Gasteiger partial charge in [0.2, 0.25) is 0 Å². The average Bonchev–Trinajstić information content (AvgIpc) is 3.19. The molecule has 3 rings (SSSR count). The van der Waals surface area contributed by atoms with Gasteiger partial charge in [0.15, 0.2) is 11.8 Å². The van der Waals surface area contributed by atoms with E-state index in [4.69, 9.17) is 0 Å². The molecule has 0 radical (unpaired) electrons. The maximum atomic E-state index is 4.34. The van der Waals surface area contributed by atoms with E-state index in [9.17, 15) is 0 Å². The predicted octanol–water partition coefficient (Wildman–Crippen LogP) is 0.809. The normalized spacial score (nSPS) is 17.8. The topological polar surface area (TPSA) is 88.2 Å². The van der Waals surface area contributed by atoms with Crippen molar-refractivity contribution in [2.45, 2.75) is 32.4 Å². The molecule has 1 atom stereocenters. The number of anilines is 1. The summed E-state index contributed by atoms with van der Waals surface area (Å²) in [5.41, 5.74) is 1.17. The number of aromatic nitrogens is 5. The van der Waals surface area contributed by atoms with Crippen LogP contribution in [0.15, 0.2) is 17.4 Å². The number of aliphatic imine (C=N–C) groups is 1. The van der Waals surface area contributed by atoms with Crippen molar-refractivity contribution < 1.29 is 0 Å². The summed E-state index contributed by atoms with van der Waals surface area (Å²) in [4.78, 5) is 6.71. The van der Waals surface area contributed by atoms with Crippen LogP contribution in [0.25, 0.3) is 0 Å². The van der Waals surface area contributed by atoms with E-state index in [1.807, 2.05) is 36.5 Å². The summed E-state index contributed by atoms with van der Waals surface area (Å²) in [6.45, 7) is 4.54. The van der Waals surface area contributed by atoms with E-state index in [1.165, 1.54) is 5.69 Å². The summed E-state index contributed by atoms with van der Waals surface area (Å²) in [7, 11) is 5.71. The van der Waals surface area contributed by atoms with Crippen molar-refractivity contribution in [1.29, 1.82) is 0 Å². The zero-order valence-corrected chi connectivity index (χ0v) is 18.1. The molecule has 2 aromatic heterocycles. The van der Waals surface area contributed by atoms with Crippen molar-refractivity contribution in [2.24, 2.45) is 19.1 Å². The van der Waals surface area contributed by atoms with E-state index in [-0.39, 0.29) is 24.0 Å². The van der Waals surface area contributed by atoms with Crippen molar-refractivity contribution in [3.63, 3.8) is 0 Å². The lowest BCUT2D eigenvalue weighted by Gasteiger charge is -2.34. The molecule has 0 spiro atoms. The van der Waals surface area contributed by atoms with Crippen molar-refractivity contribution in [2.75, 3.05) is 25.0 Å². The molecule has 1 saturated heterocycles. The number of rotatable bonds is 4. The third-order valence-corrected chi connectivity index (χ3v) is 4.64. The Bertz CT molecular complexity index is 736. The molecule has 0 saturated carbocycles. The zero-order chi connectivity index (χ0) is 17.8. The Balaban J connectivity index is 0.00000243. The Morgan fingerprint density at radius 2 is 2.15 bits per heavy atom. The number of nitrogens with one attached hydrogen (secondary N) is 2. The summed E-state index contributed by atoms with van der Waals surface area (Å²) in [6.07, 6.45) is 6.25. The number of guanidine groups is 1. The van der Waals surface area contributed by atoms with Gasteiger partial charge in [-0.3, -0.25) is 9.67 Å². The fraction of sp³-hybridized carbons (Fsp3) is 0.625. The highest BCUT2D eigenvalue weighted by atomic mass is 127. The molecule has 26 heavy (non-hydrogen) atoms. The second kappa shape index (κ2) is 9.19. The molecule has 0 aliphatic carbocycles. The van der Waals surface area contributed by atoms with E-state index in [0.29, 0.717) is 12.6 Å². The Morgan fingerprint density at radius 3 is 2.77 bits per heavy atom. The lowest BCUT2D eigenvalue weighted by atomic mass is 10.1. The van der Waals surface area contributed by atoms with Gasteiger partial charge < -0.3 is 20.1 Å². The van der Waals surface area contributed by atoms with Crippen LogP contribution >= 0.6 is 24.0 Å². The van der Waals surface area contributed by atoms with E-state index in [2.05, 4.69) is 42.0 Å². The monoisotopic (exact) mass is 473 g/mol. The van der Waals surface area contributed by atoms with Crippen molar-refractivity contribution in [1.82, 2.24) is 35.2 Å². The Hall–Kier alpha value is -1.85. The molecule has 2 aromatic rings. The molecule has 9 nitrogen and oxygen atoms in total. The molecule has 1 aliphatic rings. The van der Waals surface area contributed by atoms with Gasteiger partial charge >= 0.3 is 0 Å². The fourth-order valence-electron chi connectivity index (χ4n) is 3.06. The fourth-order valence-corrected chi connectivity index (χ4v) is 3.06. The first-order valence-corrected chi connectivity index (χ1v) is 8.62. The molecule has 0 amide bonds. The predicted molar refractivity (Wildman–Crippen MR) is 113 cm³/mol. The Kier molecular flexibility index (Phi) is 7.23. The van der Waals surface area contributed by atoms with Crippen LogP contribution in [0.2, 0.25) is 0 Å². The number of hydrogen-bond donors (Lipinski definition) is 2. The molecular formula is C16H28IN9. The molecule has 144 valence electrons. The molecule has 0 aromatic carbocycles. The third kappa shape index (κ3) is 4.86. The largest absolute Gasteiger partial charge is 0.367 e. The van der Waals surface area contributed by atoms with Crippen molar-refractivity contribution >= 4 is 35.6 Å². The lowest BCUT2D eigenvalue weighted by molar-refractivity contribution is 0.467. The summed E-state index contributed by atoms with van der Waals surface area (Å²) in [5, 5.41) is 19.4. The lowest BCUT2D eigenvalue weighted by Crippen LogP contribution is -2.51. The number of piperidine rings is 1. The molecule has 1 unspecified atom stereocenters. The van der Waals surface area contributed by atoms with Crippen molar-refractivity contribution in [3.8, 4) is 0 Å². The smallest absolute Gasteiger partial charge is 0.191 e. The highest BCUT2D eigenvalue weighted by Gasteiger charge is 2.21. The number of halogens is 1. The molecule has 0 bridgehead atoms. The van der Waals surface area contributed by atoms with E-state index in [1.54, 1.807) is 7.05 Å². The van der Waals surface area contributed by atoms with E-state index < -0.39 is 0 Å². The van der Waals surface area contributed by atoms with E-state index in [0.717, 1.165) is 43.5 Å². The summed E-state index contributed by atoms with van der Waals surface area (Å²) in [5.74, 6) is 2.58. The quantitative estimate of drug-likeness (QED) is 0.388. The van der Waals surface area contributed by atoms with Crippen LogP contribution < -0.4 is 15.5 Å². The van der Waals surface area contributed by atoms with Gasteiger partial charge in [-0.05, 0) is 19.8 Å². The molecular weight excluding hydrogens is 445 g/mol. The number of nitrogens with zero attached hydrogens (tertiary/aromatic N) is 7. The highest BCUT2D eigenvalue weighted by molar-refractivity contribution is 14.0. The van der Waals surface area contributed by atoms with Crippen LogP contribution in [0.3, 0.4) is 0 Å². The van der Waals surface area contributed by atoms with Crippen LogP contribution in [-0.4, -0.2) is 56.7 Å². The first kappa shape index (κ1) is 20.5. The summed E-state index contributed by atoms with van der Waals surface area (Å²) >= 11 is 0. The second-order valence-electron chi connectivity index (χ2n) is 6.45. The minimum Gasteiger partial charge on any atom is -0.367 e. The van der Waals surface area contributed by atoms with Crippen LogP contribution in [0.4, 0.5) is 5.69 Å². The number of hydrogen-bond acceptors (Lipinski definition) is 5. The van der Waals surface area contributed by atoms with Crippen LogP contribution in [0.5, 0.6) is 0 Å². The van der Waals surface area contributed by atoms with Crippen LogP contribution in [0, 0.1) is 6.92 Å². The zero-order valence-electron chi connectivity index (χ0n) is 15.8. The minimum absolute atomic E-state index is 0. The molecule has 2 N–H and O–H groups in total. The first-order valence-electron chi connectivity index (χ1n) is 8.62. The second-order valence-corrected chi connectivity index (χ2v) is 6.45.